The van der Waals surface area contributed by atoms with Gasteiger partial charge in [0.1, 0.15) is 18.7 Å². The number of fused-ring (bicyclic) bond motifs is 3. The zero-order valence-electron chi connectivity index (χ0n) is 20.9. The van der Waals surface area contributed by atoms with Gasteiger partial charge in [0.05, 0.1) is 12.2 Å². The first-order chi connectivity index (χ1) is 16.5. The highest BCUT2D eigenvalue weighted by molar-refractivity contribution is 5.89. The van der Waals surface area contributed by atoms with Gasteiger partial charge >= 0.3 is 12.1 Å². The van der Waals surface area contributed by atoms with Crippen molar-refractivity contribution in [2.45, 2.75) is 58.2 Å². The van der Waals surface area contributed by atoms with Crippen molar-refractivity contribution < 1.29 is 29.0 Å². The molecule has 0 bridgehead atoms. The molecule has 8 heteroatoms. The van der Waals surface area contributed by atoms with E-state index in [1.165, 1.54) is 11.8 Å². The summed E-state index contributed by atoms with van der Waals surface area (Å²) in [5.74, 6) is -1.79. The third kappa shape index (κ3) is 6.19. The maximum atomic E-state index is 13.2. The van der Waals surface area contributed by atoms with Gasteiger partial charge in [0.25, 0.3) is 0 Å². The zero-order valence-corrected chi connectivity index (χ0v) is 20.9. The highest BCUT2D eigenvalue weighted by Gasteiger charge is 2.33. The van der Waals surface area contributed by atoms with E-state index < -0.39 is 35.7 Å². The van der Waals surface area contributed by atoms with Crippen molar-refractivity contribution in [3.8, 4) is 11.1 Å². The van der Waals surface area contributed by atoms with Crippen molar-refractivity contribution >= 4 is 18.0 Å². The van der Waals surface area contributed by atoms with E-state index in [4.69, 9.17) is 9.47 Å². The number of hydrogen-bond acceptors (Lipinski definition) is 5. The van der Waals surface area contributed by atoms with Crippen molar-refractivity contribution in [3.05, 3.63) is 59.7 Å². The molecule has 2 N–H and O–H groups in total. The molecule has 2 amide bonds. The molecule has 0 aromatic heterocycles. The molecule has 2 aromatic rings. The summed E-state index contributed by atoms with van der Waals surface area (Å²) in [6.07, 6.45) is -0.762. The van der Waals surface area contributed by atoms with Crippen LogP contribution in [0.2, 0.25) is 0 Å². The summed E-state index contributed by atoms with van der Waals surface area (Å²) in [6.45, 7) is 8.77. The standard InChI is InChI=1S/C27H34N2O6/c1-6-29(17(2)25(31)32)24(30)23(16-35-27(3,4)5)28-26(33)34-15-22-20-13-9-7-11-18(20)19-12-8-10-14-21(19)22/h7-14,17,22-23H,6,15-16H2,1-5H3,(H,28,33)(H,31,32)/t17?,23-/m0/s1. The molecule has 188 valence electrons. The Labute approximate surface area is 206 Å². The Kier molecular flexibility index (Phi) is 8.17. The van der Waals surface area contributed by atoms with Gasteiger partial charge in [0.15, 0.2) is 0 Å². The number of carbonyl (C=O) groups excluding carboxylic acids is 2. The number of nitrogens with zero attached hydrogens (tertiary/aromatic N) is 1. The molecule has 2 atom stereocenters. The maximum absolute atomic E-state index is 13.2. The van der Waals surface area contributed by atoms with Crippen LogP contribution in [0.3, 0.4) is 0 Å². The summed E-state index contributed by atoms with van der Waals surface area (Å²) in [5, 5.41) is 12.0. The van der Waals surface area contributed by atoms with Crippen molar-refractivity contribution in [2.24, 2.45) is 0 Å². The third-order valence-electron chi connectivity index (χ3n) is 6.07. The second-order valence-electron chi connectivity index (χ2n) is 9.58. The second kappa shape index (κ2) is 10.9. The number of carboxylic acids is 1. The van der Waals surface area contributed by atoms with Crippen molar-refractivity contribution in [1.29, 1.82) is 0 Å². The van der Waals surface area contributed by atoms with Crippen LogP contribution in [0.25, 0.3) is 11.1 Å². The van der Waals surface area contributed by atoms with E-state index in [-0.39, 0.29) is 25.7 Å². The van der Waals surface area contributed by atoms with Crippen LogP contribution in [-0.2, 0) is 19.1 Å². The first-order valence-electron chi connectivity index (χ1n) is 11.8. The minimum Gasteiger partial charge on any atom is -0.480 e. The predicted octanol–water partition coefficient (Wildman–Crippen LogP) is 4.03. The van der Waals surface area contributed by atoms with Crippen LogP contribution >= 0.6 is 0 Å². The highest BCUT2D eigenvalue weighted by Crippen LogP contribution is 2.44. The number of ether oxygens (including phenoxy) is 2. The topological polar surface area (TPSA) is 105 Å². The second-order valence-corrected chi connectivity index (χ2v) is 9.58. The number of carbonyl (C=O) groups is 3. The van der Waals surface area contributed by atoms with Gasteiger partial charge in [-0.1, -0.05) is 48.5 Å². The van der Waals surface area contributed by atoms with Crippen LogP contribution in [0.4, 0.5) is 4.79 Å². The summed E-state index contributed by atoms with van der Waals surface area (Å²) in [7, 11) is 0. The SMILES string of the molecule is CCN(C(=O)[C@H](COC(C)(C)C)NC(=O)OCC1c2ccccc2-c2ccccc21)C(C)C(=O)O. The molecule has 0 fully saturated rings. The van der Waals surface area contributed by atoms with Gasteiger partial charge in [-0.25, -0.2) is 9.59 Å². The van der Waals surface area contributed by atoms with E-state index in [1.54, 1.807) is 6.92 Å². The lowest BCUT2D eigenvalue weighted by atomic mass is 9.98. The molecule has 0 spiro atoms. The molecule has 0 saturated heterocycles. The van der Waals surface area contributed by atoms with Crippen LogP contribution in [0.15, 0.2) is 48.5 Å². The molecule has 0 heterocycles. The Bertz CT molecular complexity index is 1030. The number of amides is 2. The predicted molar refractivity (Wildman–Crippen MR) is 132 cm³/mol. The average molecular weight is 483 g/mol. The highest BCUT2D eigenvalue weighted by atomic mass is 16.5. The van der Waals surface area contributed by atoms with Gasteiger partial charge in [-0.05, 0) is 56.9 Å². The minimum atomic E-state index is -1.13. The number of nitrogens with one attached hydrogen (secondary N) is 1. The number of carboxylic acid groups (broad SMARTS) is 1. The van der Waals surface area contributed by atoms with E-state index >= 15 is 0 Å². The summed E-state index contributed by atoms with van der Waals surface area (Å²) < 4.78 is 11.3. The van der Waals surface area contributed by atoms with Gasteiger partial charge in [0.2, 0.25) is 5.91 Å². The molecule has 8 nitrogen and oxygen atoms in total. The Morgan fingerprint density at radius 1 is 1.03 bits per heavy atom. The van der Waals surface area contributed by atoms with Crippen LogP contribution in [0.5, 0.6) is 0 Å². The smallest absolute Gasteiger partial charge is 0.407 e. The lowest BCUT2D eigenvalue weighted by Crippen LogP contribution is -2.55. The molecule has 1 aliphatic carbocycles. The fourth-order valence-electron chi connectivity index (χ4n) is 4.24. The summed E-state index contributed by atoms with van der Waals surface area (Å²) >= 11 is 0. The van der Waals surface area contributed by atoms with Gasteiger partial charge in [-0.2, -0.15) is 0 Å². The van der Waals surface area contributed by atoms with Crippen LogP contribution in [0.1, 0.15) is 51.7 Å². The normalized spacial score (nSPS) is 14.4. The maximum Gasteiger partial charge on any atom is 0.407 e. The molecule has 1 unspecified atom stereocenters. The molecule has 1 aliphatic rings. The first kappa shape index (κ1) is 26.2. The van der Waals surface area contributed by atoms with Crippen LogP contribution < -0.4 is 5.32 Å². The Balaban J connectivity index is 1.73. The van der Waals surface area contributed by atoms with E-state index in [0.29, 0.717) is 0 Å². The number of rotatable bonds is 9. The molecule has 35 heavy (non-hydrogen) atoms. The fourth-order valence-corrected chi connectivity index (χ4v) is 4.24. The monoisotopic (exact) mass is 482 g/mol. The average Bonchev–Trinajstić information content (AvgIpc) is 3.13. The quantitative estimate of drug-likeness (QED) is 0.559. The van der Waals surface area contributed by atoms with Gasteiger partial charge in [-0.3, -0.25) is 4.79 Å². The molecule has 0 aliphatic heterocycles. The fraction of sp³-hybridized carbons (Fsp3) is 0.444. The molecular weight excluding hydrogens is 448 g/mol. The van der Waals surface area contributed by atoms with Crippen molar-refractivity contribution in [2.75, 3.05) is 19.8 Å². The van der Waals surface area contributed by atoms with Gasteiger partial charge < -0.3 is 24.8 Å². The van der Waals surface area contributed by atoms with Gasteiger partial charge in [-0.15, -0.1) is 0 Å². The Morgan fingerprint density at radius 2 is 1.57 bits per heavy atom. The van der Waals surface area contributed by atoms with Crippen LogP contribution in [0, 0.1) is 0 Å². The van der Waals surface area contributed by atoms with E-state index in [0.717, 1.165) is 22.3 Å². The number of aliphatic carboxylic acids is 1. The first-order valence-corrected chi connectivity index (χ1v) is 11.8. The van der Waals surface area contributed by atoms with Gasteiger partial charge in [0, 0.05) is 12.5 Å². The molecule has 2 aromatic carbocycles. The molecule has 3 rings (SSSR count). The largest absolute Gasteiger partial charge is 0.480 e. The Morgan fingerprint density at radius 3 is 2.06 bits per heavy atom. The number of likely N-dealkylation sites (N-methyl/N-ethyl adjacent to an activating group) is 1. The van der Waals surface area contributed by atoms with E-state index in [2.05, 4.69) is 17.4 Å². The third-order valence-corrected chi connectivity index (χ3v) is 6.07. The molecule has 0 saturated carbocycles. The number of benzene rings is 2. The molecule has 0 radical (unpaired) electrons. The van der Waals surface area contributed by atoms with E-state index in [9.17, 15) is 19.5 Å². The van der Waals surface area contributed by atoms with Crippen molar-refractivity contribution in [3.63, 3.8) is 0 Å². The van der Waals surface area contributed by atoms with Crippen molar-refractivity contribution in [1.82, 2.24) is 10.2 Å². The zero-order chi connectivity index (χ0) is 25.8. The van der Waals surface area contributed by atoms with Crippen LogP contribution in [-0.4, -0.2) is 65.4 Å². The number of alkyl carbamates (subject to hydrolysis) is 1. The van der Waals surface area contributed by atoms with E-state index in [1.807, 2.05) is 57.2 Å². The number of hydrogen-bond donors (Lipinski definition) is 2. The minimum absolute atomic E-state index is 0.101. The Hall–Kier alpha value is -3.39. The lowest BCUT2D eigenvalue weighted by molar-refractivity contribution is -0.151. The summed E-state index contributed by atoms with van der Waals surface area (Å²) in [4.78, 5) is 38.7. The summed E-state index contributed by atoms with van der Waals surface area (Å²) in [5.41, 5.74) is 3.84. The summed E-state index contributed by atoms with van der Waals surface area (Å²) in [6, 6.07) is 13.9. The molecular formula is C27H34N2O6. The lowest BCUT2D eigenvalue weighted by Gasteiger charge is -2.31.